The predicted octanol–water partition coefficient (Wildman–Crippen LogP) is 3.08. The van der Waals surface area contributed by atoms with Crippen molar-refractivity contribution in [1.82, 2.24) is 0 Å². The van der Waals surface area contributed by atoms with E-state index in [4.69, 9.17) is 0 Å². The number of aryl methyl sites for hydroxylation is 2. The third-order valence-corrected chi connectivity index (χ3v) is 2.66. The van der Waals surface area contributed by atoms with Crippen molar-refractivity contribution in [2.45, 2.75) is 25.7 Å². The van der Waals surface area contributed by atoms with Crippen LogP contribution >= 0.6 is 11.8 Å². The summed E-state index contributed by atoms with van der Waals surface area (Å²) in [7, 11) is 0. The summed E-state index contributed by atoms with van der Waals surface area (Å²) in [4.78, 5) is 11.5. The lowest BCUT2D eigenvalue weighted by atomic mass is 10.1. The molecule has 0 aliphatic rings. The highest BCUT2D eigenvalue weighted by Crippen LogP contribution is 2.25. The van der Waals surface area contributed by atoms with Gasteiger partial charge in [0, 0.05) is 11.8 Å². The first-order valence-corrected chi connectivity index (χ1v) is 4.77. The number of benzene rings is 1. The van der Waals surface area contributed by atoms with E-state index < -0.39 is 0 Å². The second-order valence-corrected chi connectivity index (χ2v) is 4.18. The van der Waals surface area contributed by atoms with Crippen LogP contribution in [0.4, 0.5) is 4.39 Å². The Morgan fingerprint density at radius 2 is 1.92 bits per heavy atom. The monoisotopic (exact) mass is 198 g/mol. The maximum atomic E-state index is 13.1. The Hall–Kier alpha value is -0.830. The van der Waals surface area contributed by atoms with Crippen LogP contribution in [0.3, 0.4) is 0 Å². The quantitative estimate of drug-likeness (QED) is 0.645. The minimum Gasteiger partial charge on any atom is -0.287 e. The molecular formula is C10H11FOS. The van der Waals surface area contributed by atoms with Crippen LogP contribution in [-0.4, -0.2) is 5.12 Å². The standard InChI is InChI=1S/C10H11FOS/c1-6-4-7(2)10(5-9(6)11)13-8(3)12/h4-5H,1-3H3. The molecule has 0 atom stereocenters. The molecule has 3 heteroatoms. The van der Waals surface area contributed by atoms with Gasteiger partial charge >= 0.3 is 0 Å². The Morgan fingerprint density at radius 1 is 1.31 bits per heavy atom. The molecule has 0 bridgehead atoms. The van der Waals surface area contributed by atoms with E-state index in [-0.39, 0.29) is 10.9 Å². The van der Waals surface area contributed by atoms with Gasteiger partial charge in [0.2, 0.25) is 0 Å². The van der Waals surface area contributed by atoms with Crippen LogP contribution in [0.2, 0.25) is 0 Å². The van der Waals surface area contributed by atoms with Gasteiger partial charge in [-0.3, -0.25) is 4.79 Å². The number of halogens is 1. The molecule has 13 heavy (non-hydrogen) atoms. The van der Waals surface area contributed by atoms with Crippen LogP contribution in [-0.2, 0) is 4.79 Å². The molecule has 0 saturated carbocycles. The van der Waals surface area contributed by atoms with Crippen LogP contribution in [0.15, 0.2) is 17.0 Å². The lowest BCUT2D eigenvalue weighted by Gasteiger charge is -2.04. The number of thioether (sulfide) groups is 1. The van der Waals surface area contributed by atoms with Crippen molar-refractivity contribution < 1.29 is 9.18 Å². The Balaban J connectivity index is 3.08. The number of hydrogen-bond donors (Lipinski definition) is 0. The highest BCUT2D eigenvalue weighted by atomic mass is 32.2. The number of hydrogen-bond acceptors (Lipinski definition) is 2. The summed E-state index contributed by atoms with van der Waals surface area (Å²) in [5.74, 6) is -0.255. The lowest BCUT2D eigenvalue weighted by Crippen LogP contribution is -1.90. The summed E-state index contributed by atoms with van der Waals surface area (Å²) in [6.07, 6.45) is 0. The molecule has 0 saturated heterocycles. The zero-order chi connectivity index (χ0) is 10.0. The lowest BCUT2D eigenvalue weighted by molar-refractivity contribution is -0.109. The first kappa shape index (κ1) is 10.3. The maximum Gasteiger partial charge on any atom is 0.190 e. The molecule has 0 aliphatic heterocycles. The fraction of sp³-hybridized carbons (Fsp3) is 0.300. The summed E-state index contributed by atoms with van der Waals surface area (Å²) in [6.45, 7) is 5.06. The van der Waals surface area contributed by atoms with E-state index in [1.165, 1.54) is 13.0 Å². The normalized spacial score (nSPS) is 10.2. The molecule has 0 heterocycles. The number of carbonyl (C=O) groups is 1. The van der Waals surface area contributed by atoms with Gasteiger partial charge in [0.15, 0.2) is 5.12 Å². The highest BCUT2D eigenvalue weighted by Gasteiger charge is 2.06. The molecular weight excluding hydrogens is 187 g/mol. The summed E-state index contributed by atoms with van der Waals surface area (Å²) in [5, 5.41) is -0.0219. The minimum absolute atomic E-state index is 0.0219. The molecule has 0 radical (unpaired) electrons. The minimum atomic E-state index is -0.255. The highest BCUT2D eigenvalue weighted by molar-refractivity contribution is 8.13. The molecule has 70 valence electrons. The molecule has 0 fully saturated rings. The van der Waals surface area contributed by atoms with Gasteiger partial charge in [0.25, 0.3) is 0 Å². The van der Waals surface area contributed by atoms with Gasteiger partial charge in [-0.25, -0.2) is 4.39 Å². The number of rotatable bonds is 1. The molecule has 1 aromatic rings. The zero-order valence-corrected chi connectivity index (χ0v) is 8.67. The fourth-order valence-corrected chi connectivity index (χ4v) is 1.76. The molecule has 0 aliphatic carbocycles. The zero-order valence-electron chi connectivity index (χ0n) is 7.85. The van der Waals surface area contributed by atoms with Crippen molar-refractivity contribution in [3.05, 3.63) is 29.1 Å². The third-order valence-electron chi connectivity index (χ3n) is 1.71. The van der Waals surface area contributed by atoms with Crippen LogP contribution in [0.5, 0.6) is 0 Å². The molecule has 0 N–H and O–H groups in total. The van der Waals surface area contributed by atoms with E-state index in [0.29, 0.717) is 10.5 Å². The first-order valence-electron chi connectivity index (χ1n) is 3.96. The Labute approximate surface area is 81.3 Å². The van der Waals surface area contributed by atoms with E-state index in [1.807, 2.05) is 6.92 Å². The van der Waals surface area contributed by atoms with Gasteiger partial charge in [-0.05, 0) is 31.0 Å². The average molecular weight is 198 g/mol. The van der Waals surface area contributed by atoms with Gasteiger partial charge in [0.1, 0.15) is 5.82 Å². The molecule has 1 rings (SSSR count). The van der Waals surface area contributed by atoms with Gasteiger partial charge < -0.3 is 0 Å². The van der Waals surface area contributed by atoms with Crippen LogP contribution < -0.4 is 0 Å². The largest absolute Gasteiger partial charge is 0.287 e. The second-order valence-electron chi connectivity index (χ2n) is 2.96. The smallest absolute Gasteiger partial charge is 0.190 e. The predicted molar refractivity (Wildman–Crippen MR) is 52.4 cm³/mol. The van der Waals surface area contributed by atoms with Crippen LogP contribution in [0.25, 0.3) is 0 Å². The Kier molecular flexibility index (Phi) is 3.09. The molecule has 1 nitrogen and oxygen atoms in total. The van der Waals surface area contributed by atoms with E-state index in [1.54, 1.807) is 13.0 Å². The van der Waals surface area contributed by atoms with Crippen molar-refractivity contribution >= 4 is 16.9 Å². The van der Waals surface area contributed by atoms with Gasteiger partial charge in [-0.15, -0.1) is 0 Å². The van der Waals surface area contributed by atoms with Gasteiger partial charge in [-0.2, -0.15) is 0 Å². The molecule has 0 aromatic heterocycles. The van der Waals surface area contributed by atoms with Crippen molar-refractivity contribution in [2.75, 3.05) is 0 Å². The molecule has 0 unspecified atom stereocenters. The van der Waals surface area contributed by atoms with Gasteiger partial charge in [-0.1, -0.05) is 17.8 Å². The van der Waals surface area contributed by atoms with Crippen molar-refractivity contribution in [1.29, 1.82) is 0 Å². The van der Waals surface area contributed by atoms with Crippen LogP contribution in [0, 0.1) is 19.7 Å². The van der Waals surface area contributed by atoms with E-state index in [0.717, 1.165) is 17.3 Å². The second kappa shape index (κ2) is 3.92. The summed E-state index contributed by atoms with van der Waals surface area (Å²) >= 11 is 1.07. The van der Waals surface area contributed by atoms with E-state index >= 15 is 0 Å². The van der Waals surface area contributed by atoms with E-state index in [9.17, 15) is 9.18 Å². The Bertz CT molecular complexity index is 347. The van der Waals surface area contributed by atoms with E-state index in [2.05, 4.69) is 0 Å². The third kappa shape index (κ3) is 2.56. The molecule has 0 spiro atoms. The van der Waals surface area contributed by atoms with Crippen molar-refractivity contribution in [2.24, 2.45) is 0 Å². The molecule has 1 aromatic carbocycles. The Morgan fingerprint density at radius 3 is 2.46 bits per heavy atom. The average Bonchev–Trinajstić information content (AvgIpc) is 1.99. The van der Waals surface area contributed by atoms with Crippen molar-refractivity contribution in [3.8, 4) is 0 Å². The first-order chi connectivity index (χ1) is 6.00. The summed E-state index contributed by atoms with van der Waals surface area (Å²) in [5.41, 5.74) is 1.56. The SMILES string of the molecule is CC(=O)Sc1cc(F)c(C)cc1C. The summed E-state index contributed by atoms with van der Waals surface area (Å²) < 4.78 is 13.1. The molecule has 0 amide bonds. The fourth-order valence-electron chi connectivity index (χ4n) is 1.07. The van der Waals surface area contributed by atoms with Gasteiger partial charge in [0.05, 0.1) is 0 Å². The maximum absolute atomic E-state index is 13.1. The topological polar surface area (TPSA) is 17.1 Å². The van der Waals surface area contributed by atoms with Crippen molar-refractivity contribution in [3.63, 3.8) is 0 Å². The summed E-state index contributed by atoms with van der Waals surface area (Å²) in [6, 6.07) is 3.16. The number of carbonyl (C=O) groups excluding carboxylic acids is 1. The van der Waals surface area contributed by atoms with Crippen LogP contribution in [0.1, 0.15) is 18.1 Å².